The lowest BCUT2D eigenvalue weighted by Crippen LogP contribution is -2.51. The van der Waals surface area contributed by atoms with Gasteiger partial charge in [-0.25, -0.2) is 15.0 Å². The summed E-state index contributed by atoms with van der Waals surface area (Å²) in [5.41, 5.74) is 3.31. The lowest BCUT2D eigenvalue weighted by Gasteiger charge is -2.55. The van der Waals surface area contributed by atoms with Gasteiger partial charge in [0.1, 0.15) is 5.65 Å². The first-order valence-electron chi connectivity index (χ1n) is 10.7. The van der Waals surface area contributed by atoms with Gasteiger partial charge < -0.3 is 0 Å². The summed E-state index contributed by atoms with van der Waals surface area (Å²) in [5.74, 6) is 2.73. The van der Waals surface area contributed by atoms with E-state index in [0.29, 0.717) is 5.95 Å². The zero-order valence-electron chi connectivity index (χ0n) is 16.6. The standard InChI is InChI=1S/C23H25N5O/c1-14-20(28-7-3-2-4-19(28)25-14)18-5-6-24-22(26-18)27-21(29)23-11-15-8-16(12-23)10-17(9-15)13-23/h2-7,15-17H,8-13H2,1H3,(H,24,26,27,29). The van der Waals surface area contributed by atoms with E-state index in [1.807, 2.05) is 41.8 Å². The number of hydrogen-bond donors (Lipinski definition) is 1. The molecule has 148 valence electrons. The molecular formula is C23H25N5O. The summed E-state index contributed by atoms with van der Waals surface area (Å²) >= 11 is 0. The molecule has 3 aromatic heterocycles. The van der Waals surface area contributed by atoms with E-state index in [2.05, 4.69) is 20.3 Å². The molecule has 1 N–H and O–H groups in total. The molecule has 6 heteroatoms. The summed E-state index contributed by atoms with van der Waals surface area (Å²) < 4.78 is 2.03. The fraction of sp³-hybridized carbons (Fsp3) is 0.478. The molecule has 3 heterocycles. The highest BCUT2D eigenvalue weighted by atomic mass is 16.2. The summed E-state index contributed by atoms with van der Waals surface area (Å²) in [6.45, 7) is 1.98. The maximum atomic E-state index is 13.3. The Labute approximate surface area is 169 Å². The smallest absolute Gasteiger partial charge is 0.232 e. The third kappa shape index (κ3) is 2.69. The van der Waals surface area contributed by atoms with Gasteiger partial charge in [0.2, 0.25) is 11.9 Å². The molecule has 29 heavy (non-hydrogen) atoms. The third-order valence-corrected chi connectivity index (χ3v) is 7.35. The molecule has 0 radical (unpaired) electrons. The van der Waals surface area contributed by atoms with Crippen molar-refractivity contribution in [1.82, 2.24) is 19.4 Å². The fourth-order valence-electron chi connectivity index (χ4n) is 6.60. The highest BCUT2D eigenvalue weighted by molar-refractivity contribution is 5.94. The van der Waals surface area contributed by atoms with Gasteiger partial charge in [-0.1, -0.05) is 6.07 Å². The van der Waals surface area contributed by atoms with Crippen LogP contribution < -0.4 is 5.32 Å². The average Bonchev–Trinajstić information content (AvgIpc) is 3.03. The molecule has 0 atom stereocenters. The molecule has 4 aliphatic carbocycles. The first-order chi connectivity index (χ1) is 14.1. The minimum atomic E-state index is -0.201. The summed E-state index contributed by atoms with van der Waals surface area (Å²) in [6, 6.07) is 7.81. The van der Waals surface area contributed by atoms with Gasteiger partial charge in [0.15, 0.2) is 0 Å². The van der Waals surface area contributed by atoms with Crippen molar-refractivity contribution in [2.75, 3.05) is 5.32 Å². The van der Waals surface area contributed by atoms with Crippen LogP contribution in [-0.4, -0.2) is 25.3 Å². The molecule has 4 saturated carbocycles. The van der Waals surface area contributed by atoms with Gasteiger partial charge in [-0.05, 0) is 81.4 Å². The molecule has 7 rings (SSSR count). The second kappa shape index (κ2) is 6.12. The fourth-order valence-corrected chi connectivity index (χ4v) is 6.60. The van der Waals surface area contributed by atoms with Crippen molar-refractivity contribution in [3.63, 3.8) is 0 Å². The van der Waals surface area contributed by atoms with E-state index in [1.54, 1.807) is 6.20 Å². The monoisotopic (exact) mass is 387 g/mol. The van der Waals surface area contributed by atoms with Gasteiger partial charge >= 0.3 is 0 Å². The van der Waals surface area contributed by atoms with Gasteiger partial charge in [-0.15, -0.1) is 0 Å². The SMILES string of the molecule is Cc1nc2ccccn2c1-c1ccnc(NC(=O)C23CC4CC(CC(C4)C2)C3)n1. The first-order valence-corrected chi connectivity index (χ1v) is 10.7. The molecule has 0 aromatic carbocycles. The lowest BCUT2D eigenvalue weighted by atomic mass is 9.49. The highest BCUT2D eigenvalue weighted by Gasteiger charge is 2.54. The number of amides is 1. The molecule has 4 aliphatic rings. The van der Waals surface area contributed by atoms with Crippen molar-refractivity contribution >= 4 is 17.5 Å². The Morgan fingerprint density at radius 1 is 1.07 bits per heavy atom. The average molecular weight is 387 g/mol. The zero-order valence-corrected chi connectivity index (χ0v) is 16.6. The lowest BCUT2D eigenvalue weighted by molar-refractivity contribution is -0.140. The van der Waals surface area contributed by atoms with Crippen molar-refractivity contribution in [3.8, 4) is 11.4 Å². The van der Waals surface area contributed by atoms with Crippen molar-refractivity contribution in [2.45, 2.75) is 45.4 Å². The van der Waals surface area contributed by atoms with E-state index < -0.39 is 0 Å². The number of nitrogens with zero attached hydrogens (tertiary/aromatic N) is 4. The number of rotatable bonds is 3. The van der Waals surface area contributed by atoms with Gasteiger partial charge in [0.05, 0.1) is 22.5 Å². The molecular weight excluding hydrogens is 362 g/mol. The van der Waals surface area contributed by atoms with Gasteiger partial charge in [-0.2, -0.15) is 0 Å². The number of nitrogens with one attached hydrogen (secondary N) is 1. The number of hydrogen-bond acceptors (Lipinski definition) is 4. The van der Waals surface area contributed by atoms with Crippen LogP contribution in [0.1, 0.15) is 44.2 Å². The van der Waals surface area contributed by atoms with E-state index in [1.165, 1.54) is 19.3 Å². The van der Waals surface area contributed by atoms with Crippen LogP contribution in [0.15, 0.2) is 36.7 Å². The summed E-state index contributed by atoms with van der Waals surface area (Å²) in [7, 11) is 0. The van der Waals surface area contributed by atoms with Crippen LogP contribution >= 0.6 is 0 Å². The molecule has 3 aromatic rings. The Bertz CT molecular complexity index is 1080. The number of pyridine rings is 1. The van der Waals surface area contributed by atoms with Crippen molar-refractivity contribution in [1.29, 1.82) is 0 Å². The van der Waals surface area contributed by atoms with E-state index in [4.69, 9.17) is 0 Å². The molecule has 0 spiro atoms. The molecule has 0 unspecified atom stereocenters. The highest BCUT2D eigenvalue weighted by Crippen LogP contribution is 2.60. The summed E-state index contributed by atoms with van der Waals surface area (Å²) in [5, 5.41) is 3.08. The molecule has 4 fully saturated rings. The Kier molecular flexibility index (Phi) is 3.61. The topological polar surface area (TPSA) is 72.2 Å². The minimum Gasteiger partial charge on any atom is -0.298 e. The van der Waals surface area contributed by atoms with Crippen LogP contribution in [0, 0.1) is 30.1 Å². The second-order valence-corrected chi connectivity index (χ2v) is 9.39. The predicted octanol–water partition coefficient (Wildman–Crippen LogP) is 4.25. The first kappa shape index (κ1) is 17.1. The normalized spacial score (nSPS) is 30.0. The molecule has 0 saturated heterocycles. The Morgan fingerprint density at radius 3 is 2.52 bits per heavy atom. The minimum absolute atomic E-state index is 0.128. The Balaban J connectivity index is 1.31. The van der Waals surface area contributed by atoms with Gasteiger partial charge in [-0.3, -0.25) is 14.5 Å². The number of fused-ring (bicyclic) bond motifs is 1. The molecule has 1 amide bonds. The second-order valence-electron chi connectivity index (χ2n) is 9.39. The van der Waals surface area contributed by atoms with Crippen LogP contribution in [0.2, 0.25) is 0 Å². The molecule has 0 aliphatic heterocycles. The maximum absolute atomic E-state index is 13.3. The largest absolute Gasteiger partial charge is 0.298 e. The predicted molar refractivity (Wildman–Crippen MR) is 110 cm³/mol. The van der Waals surface area contributed by atoms with Gasteiger partial charge in [0.25, 0.3) is 0 Å². The van der Waals surface area contributed by atoms with Crippen molar-refractivity contribution in [3.05, 3.63) is 42.4 Å². The number of aryl methyl sites for hydroxylation is 1. The number of carbonyl (C=O) groups excluding carboxylic acids is 1. The van der Waals surface area contributed by atoms with Gasteiger partial charge in [0, 0.05) is 12.4 Å². The summed E-state index contributed by atoms with van der Waals surface area (Å²) in [6.07, 6.45) is 10.8. The number of imidazole rings is 1. The Hall–Kier alpha value is -2.76. The van der Waals surface area contributed by atoms with Crippen molar-refractivity contribution < 1.29 is 4.79 Å². The van der Waals surface area contributed by atoms with Crippen LogP contribution in [0.3, 0.4) is 0 Å². The maximum Gasteiger partial charge on any atom is 0.232 e. The van der Waals surface area contributed by atoms with E-state index in [0.717, 1.165) is 59.7 Å². The number of anilines is 1. The number of carbonyl (C=O) groups is 1. The molecule has 6 nitrogen and oxygen atoms in total. The third-order valence-electron chi connectivity index (χ3n) is 7.35. The van der Waals surface area contributed by atoms with Crippen LogP contribution in [0.25, 0.3) is 17.0 Å². The van der Waals surface area contributed by atoms with Crippen LogP contribution in [0.5, 0.6) is 0 Å². The number of aromatic nitrogens is 4. The van der Waals surface area contributed by atoms with Crippen LogP contribution in [0.4, 0.5) is 5.95 Å². The van der Waals surface area contributed by atoms with Crippen LogP contribution in [-0.2, 0) is 4.79 Å². The quantitative estimate of drug-likeness (QED) is 0.729. The van der Waals surface area contributed by atoms with E-state index in [9.17, 15) is 4.79 Å². The zero-order chi connectivity index (χ0) is 19.6. The van der Waals surface area contributed by atoms with Crippen molar-refractivity contribution in [2.24, 2.45) is 23.2 Å². The van der Waals surface area contributed by atoms with E-state index >= 15 is 0 Å². The summed E-state index contributed by atoms with van der Waals surface area (Å²) in [4.78, 5) is 27.0. The Morgan fingerprint density at radius 2 is 1.79 bits per heavy atom. The van der Waals surface area contributed by atoms with E-state index in [-0.39, 0.29) is 11.3 Å². The molecule has 4 bridgehead atoms.